The average Bonchev–Trinajstić information content (AvgIpc) is 2.39. The number of benzene rings is 2. The second kappa shape index (κ2) is 5.68. The second-order valence-electron chi connectivity index (χ2n) is 7.80. The summed E-state index contributed by atoms with van der Waals surface area (Å²) >= 11 is 0. The van der Waals surface area contributed by atoms with Gasteiger partial charge in [-0.05, 0) is 58.9 Å². The van der Waals surface area contributed by atoms with Crippen molar-refractivity contribution in [1.29, 1.82) is 0 Å². The van der Waals surface area contributed by atoms with Crippen molar-refractivity contribution in [2.45, 2.75) is 52.4 Å². The highest BCUT2D eigenvalue weighted by Gasteiger charge is 2.23. The Kier molecular flexibility index (Phi) is 4.23. The van der Waals surface area contributed by atoms with Crippen LogP contribution in [-0.4, -0.2) is 0 Å². The number of nitrogen functional groups attached to an aromatic ring is 1. The van der Waals surface area contributed by atoms with Crippen molar-refractivity contribution in [2.75, 3.05) is 5.73 Å². The zero-order valence-electron chi connectivity index (χ0n) is 14.4. The van der Waals surface area contributed by atoms with Crippen LogP contribution in [-0.2, 0) is 10.8 Å². The molecule has 0 aliphatic rings. The Morgan fingerprint density at radius 2 is 1.50 bits per heavy atom. The molecular weight excluding hydrogens is 270 g/mol. The van der Waals surface area contributed by atoms with E-state index in [4.69, 9.17) is 10.5 Å². The van der Waals surface area contributed by atoms with Crippen molar-refractivity contribution in [3.63, 3.8) is 0 Å². The lowest BCUT2D eigenvalue weighted by Gasteiger charge is -2.26. The van der Waals surface area contributed by atoms with Gasteiger partial charge in [-0.25, -0.2) is 0 Å². The molecule has 0 fully saturated rings. The molecule has 2 N–H and O–H groups in total. The van der Waals surface area contributed by atoms with Crippen molar-refractivity contribution < 1.29 is 4.74 Å². The van der Waals surface area contributed by atoms with Gasteiger partial charge in [0.2, 0.25) is 0 Å². The minimum atomic E-state index is -0.00391. The fraction of sp³-hybridized carbons (Fsp3) is 0.400. The van der Waals surface area contributed by atoms with Crippen LogP contribution in [0.15, 0.2) is 36.4 Å². The van der Waals surface area contributed by atoms with Crippen LogP contribution in [0.5, 0.6) is 11.5 Å². The van der Waals surface area contributed by atoms with Gasteiger partial charge in [0.15, 0.2) is 0 Å². The lowest BCUT2D eigenvalue weighted by Crippen LogP contribution is -2.16. The fourth-order valence-electron chi connectivity index (χ4n) is 2.24. The van der Waals surface area contributed by atoms with Gasteiger partial charge in [-0.1, -0.05) is 41.5 Å². The van der Waals surface area contributed by atoms with Crippen LogP contribution >= 0.6 is 0 Å². The summed E-state index contributed by atoms with van der Waals surface area (Å²) in [6.07, 6.45) is 0. The number of ether oxygens (including phenoxy) is 1. The van der Waals surface area contributed by atoms with E-state index >= 15 is 0 Å². The van der Waals surface area contributed by atoms with Crippen LogP contribution in [0.2, 0.25) is 0 Å². The molecule has 0 saturated heterocycles. The zero-order valence-corrected chi connectivity index (χ0v) is 14.4. The molecule has 0 atom stereocenters. The van der Waals surface area contributed by atoms with E-state index in [-0.39, 0.29) is 10.8 Å². The van der Waals surface area contributed by atoms with Gasteiger partial charge < -0.3 is 10.5 Å². The monoisotopic (exact) mass is 296 g/mol. The standard InChI is InChI=1S/C20H26NO/c1-19(2,3)14-7-12-17(20(4,5)6)18(13-14)22-16-10-8-15(21)9-11-16/h8-13H,21H2,1-6H3. The minimum absolute atomic E-state index is 0.00391. The van der Waals surface area contributed by atoms with Gasteiger partial charge in [-0.15, -0.1) is 0 Å². The molecule has 1 radical (unpaired) electrons. The molecule has 0 amide bonds. The van der Waals surface area contributed by atoms with Gasteiger partial charge in [-0.2, -0.15) is 0 Å². The van der Waals surface area contributed by atoms with Gasteiger partial charge in [0, 0.05) is 11.3 Å². The number of hydrogen-bond acceptors (Lipinski definition) is 2. The number of nitrogens with two attached hydrogens (primary N) is 1. The van der Waals surface area contributed by atoms with Gasteiger partial charge in [0.05, 0.1) is 0 Å². The molecule has 2 heteroatoms. The summed E-state index contributed by atoms with van der Waals surface area (Å²) < 4.78 is 6.15. The average molecular weight is 296 g/mol. The fourth-order valence-corrected chi connectivity index (χ4v) is 2.24. The second-order valence-corrected chi connectivity index (χ2v) is 7.80. The maximum absolute atomic E-state index is 6.15. The molecule has 117 valence electrons. The first-order chi connectivity index (χ1) is 10.1. The summed E-state index contributed by atoms with van der Waals surface area (Å²) in [4.78, 5) is 0. The van der Waals surface area contributed by atoms with E-state index in [0.717, 1.165) is 28.3 Å². The van der Waals surface area contributed by atoms with E-state index < -0.39 is 0 Å². The first-order valence-corrected chi connectivity index (χ1v) is 7.67. The van der Waals surface area contributed by atoms with Gasteiger partial charge in [-0.3, -0.25) is 0 Å². The normalized spacial score (nSPS) is 12.3. The van der Waals surface area contributed by atoms with E-state index in [1.165, 1.54) is 0 Å². The van der Waals surface area contributed by atoms with E-state index in [1.807, 2.05) is 24.3 Å². The Morgan fingerprint density at radius 1 is 0.909 bits per heavy atom. The Labute approximate surface area is 134 Å². The highest BCUT2D eigenvalue weighted by molar-refractivity contribution is 5.47. The maximum atomic E-state index is 6.15. The third-order valence-corrected chi connectivity index (χ3v) is 3.64. The predicted octanol–water partition coefficient (Wildman–Crippen LogP) is 5.46. The number of rotatable bonds is 2. The van der Waals surface area contributed by atoms with E-state index in [0.29, 0.717) is 0 Å². The quantitative estimate of drug-likeness (QED) is 0.747. The molecule has 0 saturated carbocycles. The molecule has 2 nitrogen and oxygen atoms in total. The first kappa shape index (κ1) is 16.4. The molecule has 0 bridgehead atoms. The third kappa shape index (κ3) is 3.82. The van der Waals surface area contributed by atoms with Crippen molar-refractivity contribution in [1.82, 2.24) is 0 Å². The molecule has 2 aromatic carbocycles. The van der Waals surface area contributed by atoms with Crippen molar-refractivity contribution in [3.8, 4) is 11.5 Å². The molecule has 2 rings (SSSR count). The molecular formula is C20H26NO. The van der Waals surface area contributed by atoms with Crippen molar-refractivity contribution in [3.05, 3.63) is 53.6 Å². The molecule has 0 spiro atoms. The van der Waals surface area contributed by atoms with Crippen LogP contribution in [0, 0.1) is 6.07 Å². The summed E-state index contributed by atoms with van der Waals surface area (Å²) in [7, 11) is 0. The molecule has 2 aromatic rings. The van der Waals surface area contributed by atoms with Crippen molar-refractivity contribution in [2.24, 2.45) is 0 Å². The van der Waals surface area contributed by atoms with Crippen LogP contribution in [0.3, 0.4) is 0 Å². The molecule has 0 aliphatic carbocycles. The molecule has 0 heterocycles. The lowest BCUT2D eigenvalue weighted by molar-refractivity contribution is 0.451. The smallest absolute Gasteiger partial charge is 0.131 e. The largest absolute Gasteiger partial charge is 0.457 e. The Bertz CT molecular complexity index is 643. The molecule has 0 aromatic heterocycles. The number of anilines is 1. The Balaban J connectivity index is 2.47. The zero-order chi connectivity index (χ0) is 16.5. The molecule has 22 heavy (non-hydrogen) atoms. The van der Waals surface area contributed by atoms with Crippen molar-refractivity contribution >= 4 is 5.69 Å². The maximum Gasteiger partial charge on any atom is 0.131 e. The first-order valence-electron chi connectivity index (χ1n) is 7.67. The van der Waals surface area contributed by atoms with E-state index in [9.17, 15) is 0 Å². The van der Waals surface area contributed by atoms with Crippen LogP contribution in [0.25, 0.3) is 0 Å². The summed E-state index contributed by atoms with van der Waals surface area (Å²) in [6.45, 7) is 13.1. The summed E-state index contributed by atoms with van der Waals surface area (Å²) in [5.41, 5.74) is 8.80. The van der Waals surface area contributed by atoms with Gasteiger partial charge in [0.25, 0.3) is 0 Å². The highest BCUT2D eigenvalue weighted by atomic mass is 16.5. The summed E-state index contributed by atoms with van der Waals surface area (Å²) in [6, 6.07) is 15.1. The SMILES string of the molecule is CC(C)(C)c1[c]cc(C(C)(C)C)c(Oc2ccc(N)cc2)c1. The topological polar surface area (TPSA) is 35.2 Å². The van der Waals surface area contributed by atoms with Crippen LogP contribution in [0.1, 0.15) is 52.7 Å². The lowest BCUT2D eigenvalue weighted by atomic mass is 9.81. The molecule has 0 unspecified atom stereocenters. The third-order valence-electron chi connectivity index (χ3n) is 3.64. The van der Waals surface area contributed by atoms with E-state index in [1.54, 1.807) is 0 Å². The molecule has 0 aliphatic heterocycles. The minimum Gasteiger partial charge on any atom is -0.457 e. The highest BCUT2D eigenvalue weighted by Crippen LogP contribution is 2.37. The predicted molar refractivity (Wildman–Crippen MR) is 93.6 cm³/mol. The van der Waals surface area contributed by atoms with E-state index in [2.05, 4.69) is 59.7 Å². The van der Waals surface area contributed by atoms with Crippen LogP contribution in [0.4, 0.5) is 5.69 Å². The van der Waals surface area contributed by atoms with Gasteiger partial charge in [0.1, 0.15) is 11.5 Å². The summed E-state index contributed by atoms with van der Waals surface area (Å²) in [5, 5.41) is 0. The summed E-state index contributed by atoms with van der Waals surface area (Å²) in [5.74, 6) is 1.69. The number of hydrogen-bond donors (Lipinski definition) is 1. The Morgan fingerprint density at radius 3 is 2.00 bits per heavy atom. The van der Waals surface area contributed by atoms with Gasteiger partial charge >= 0.3 is 0 Å². The van der Waals surface area contributed by atoms with Crippen LogP contribution < -0.4 is 10.5 Å². The Hall–Kier alpha value is -1.96.